The van der Waals surface area contributed by atoms with Crippen molar-refractivity contribution in [3.8, 4) is 0 Å². The van der Waals surface area contributed by atoms with E-state index in [1.165, 1.54) is 0 Å². The van der Waals surface area contributed by atoms with Crippen LogP contribution in [0.5, 0.6) is 0 Å². The fourth-order valence-corrected chi connectivity index (χ4v) is 0. The molecule has 10 heavy (non-hydrogen) atoms. The first-order valence-corrected chi connectivity index (χ1v) is 4.57. The number of hydrogen-bond acceptors (Lipinski definition) is 2. The van der Waals surface area contributed by atoms with E-state index in [-0.39, 0.29) is 1.93 Å². The number of carboxylic acids is 2. The van der Waals surface area contributed by atoms with Crippen LogP contribution in [-0.4, -0.2) is 24.1 Å². The Bertz CT molecular complexity index is 118. The van der Waals surface area contributed by atoms with E-state index in [4.69, 9.17) is 15.0 Å². The van der Waals surface area contributed by atoms with Crippen LogP contribution in [0, 0.1) is 0 Å². The second-order valence-electron chi connectivity index (χ2n) is 1.16. The van der Waals surface area contributed by atoms with Gasteiger partial charge in [-0.25, -0.2) is 0 Å². The molecule has 6 heteroatoms. The van der Waals surface area contributed by atoms with Crippen molar-refractivity contribution in [1.82, 2.24) is 0 Å². The smallest absolute Gasteiger partial charge is 0.326 e. The highest BCUT2D eigenvalue weighted by molar-refractivity contribution is 14.2. The minimum Gasteiger partial charge on any atom is -0.481 e. The van der Waals surface area contributed by atoms with E-state index in [9.17, 15) is 4.79 Å². The van der Waals surface area contributed by atoms with E-state index < -0.39 is 11.9 Å². The van der Waals surface area contributed by atoms with Gasteiger partial charge in [0.25, 0.3) is 5.97 Å². The van der Waals surface area contributed by atoms with E-state index in [0.29, 0.717) is 0 Å². The molecule has 0 bridgehead atoms. The molecule has 0 spiro atoms. The Labute approximate surface area is 85.3 Å². The summed E-state index contributed by atoms with van der Waals surface area (Å²) in [5, 5.41) is 15.4. The van der Waals surface area contributed by atoms with Crippen LogP contribution in [0.3, 0.4) is 0 Å². The van der Waals surface area contributed by atoms with Gasteiger partial charge in [-0.05, 0) is 0 Å². The number of carboxylic acid groups (broad SMARTS) is 2. The molecule has 0 amide bonds. The number of alkyl halides is 2. The third-order valence-corrected chi connectivity index (χ3v) is 1.25. The predicted octanol–water partition coefficient (Wildman–Crippen LogP) is 1.36. The maximum Gasteiger partial charge on any atom is 0.326 e. The van der Waals surface area contributed by atoms with Gasteiger partial charge in [-0.2, -0.15) is 0 Å². The summed E-state index contributed by atoms with van der Waals surface area (Å²) < 4.78 is -0.291. The van der Waals surface area contributed by atoms with Crippen molar-refractivity contribution in [3.05, 3.63) is 0 Å². The summed E-state index contributed by atoms with van der Waals surface area (Å²) in [4.78, 5) is 18.7. The molecule has 4 nitrogen and oxygen atoms in total. The third kappa shape index (κ3) is 23.8. The van der Waals surface area contributed by atoms with Gasteiger partial charge in [-0.3, -0.25) is 9.59 Å². The molecule has 0 aromatic carbocycles. The fourth-order valence-electron chi connectivity index (χ4n) is 0. The van der Waals surface area contributed by atoms with Gasteiger partial charge in [0.1, 0.15) is 0 Å². The Morgan fingerprint density at radius 1 is 1.30 bits per heavy atom. The maximum atomic E-state index is 9.68. The van der Waals surface area contributed by atoms with Crippen LogP contribution in [0.1, 0.15) is 6.92 Å². The van der Waals surface area contributed by atoms with Gasteiger partial charge in [0.2, 0.25) is 0 Å². The summed E-state index contributed by atoms with van der Waals surface area (Å²) in [6.07, 6.45) is 0. The van der Waals surface area contributed by atoms with Gasteiger partial charge in [-0.15, -0.1) is 0 Å². The van der Waals surface area contributed by atoms with Gasteiger partial charge >= 0.3 is 5.97 Å². The Hall–Kier alpha value is 0.400. The molecule has 0 heterocycles. The first-order chi connectivity index (χ1) is 4.37. The molecule has 0 saturated carbocycles. The molecule has 0 atom stereocenters. The van der Waals surface area contributed by atoms with E-state index in [2.05, 4.69) is 0 Å². The zero-order chi connectivity index (χ0) is 8.73. The molecule has 0 fully saturated rings. The predicted molar refractivity (Wildman–Crippen MR) is 52.8 cm³/mol. The summed E-state index contributed by atoms with van der Waals surface area (Å²) in [6, 6.07) is 0. The number of aliphatic carboxylic acids is 2. The Kier molecular flexibility index (Phi) is 9.78. The number of carbonyl (C=O) groups is 2. The van der Waals surface area contributed by atoms with Crippen LogP contribution >= 0.6 is 45.2 Å². The summed E-state index contributed by atoms with van der Waals surface area (Å²) in [6.45, 7) is 1.08. The van der Waals surface area contributed by atoms with Gasteiger partial charge in [-0.1, -0.05) is 45.2 Å². The molecule has 0 aromatic rings. The first kappa shape index (κ1) is 13.0. The normalized spacial score (nSPS) is 8.00. The minimum absolute atomic E-state index is 0.291. The average Bonchev–Trinajstić information content (AvgIpc) is 1.63. The van der Waals surface area contributed by atoms with Crippen molar-refractivity contribution in [2.45, 2.75) is 8.86 Å². The molecule has 0 rings (SSSR count). The molecule has 0 unspecified atom stereocenters. The summed E-state index contributed by atoms with van der Waals surface area (Å²) in [7, 11) is 0. The summed E-state index contributed by atoms with van der Waals surface area (Å²) in [5.74, 6) is -1.60. The van der Waals surface area contributed by atoms with Gasteiger partial charge in [0, 0.05) is 6.92 Å². The lowest BCUT2D eigenvalue weighted by Gasteiger charge is -1.85. The van der Waals surface area contributed by atoms with E-state index in [1.807, 2.05) is 45.2 Å². The van der Waals surface area contributed by atoms with Crippen LogP contribution in [0.4, 0.5) is 0 Å². The molecule has 0 aliphatic heterocycles. The Morgan fingerprint density at radius 3 is 1.40 bits per heavy atom. The molecular weight excluding hydrogens is 366 g/mol. The van der Waals surface area contributed by atoms with Crippen molar-refractivity contribution < 1.29 is 19.8 Å². The van der Waals surface area contributed by atoms with Gasteiger partial charge < -0.3 is 10.2 Å². The summed E-state index contributed by atoms with van der Waals surface area (Å²) in [5.41, 5.74) is 0. The first-order valence-electron chi connectivity index (χ1n) is 2.08. The van der Waals surface area contributed by atoms with Crippen LogP contribution in [0.25, 0.3) is 0 Å². The van der Waals surface area contributed by atoms with Crippen molar-refractivity contribution in [2.75, 3.05) is 0 Å². The van der Waals surface area contributed by atoms with Crippen molar-refractivity contribution in [2.24, 2.45) is 0 Å². The molecule has 0 aliphatic rings. The topological polar surface area (TPSA) is 74.6 Å². The highest BCUT2D eigenvalue weighted by Gasteiger charge is 2.04. The SMILES string of the molecule is CC(=O)O.O=C(O)C(I)I. The highest BCUT2D eigenvalue weighted by atomic mass is 127. The van der Waals surface area contributed by atoms with Gasteiger partial charge in [0.05, 0.1) is 0 Å². The van der Waals surface area contributed by atoms with E-state index in [0.717, 1.165) is 6.92 Å². The van der Waals surface area contributed by atoms with Crippen molar-refractivity contribution in [1.29, 1.82) is 0 Å². The van der Waals surface area contributed by atoms with Crippen LogP contribution < -0.4 is 0 Å². The average molecular weight is 372 g/mol. The standard InChI is InChI=1S/C2H2I2O2.C2H4O2/c3-1(4)2(5)6;1-2(3)4/h1H,(H,5,6);1H3,(H,3,4). The van der Waals surface area contributed by atoms with Crippen molar-refractivity contribution >= 4 is 57.1 Å². The Morgan fingerprint density at radius 2 is 1.40 bits per heavy atom. The lowest BCUT2D eigenvalue weighted by molar-refractivity contribution is -0.135. The van der Waals surface area contributed by atoms with Crippen LogP contribution in [0.15, 0.2) is 0 Å². The molecule has 0 aliphatic carbocycles. The fraction of sp³-hybridized carbons (Fsp3) is 0.500. The van der Waals surface area contributed by atoms with E-state index >= 15 is 0 Å². The molecule has 60 valence electrons. The number of rotatable bonds is 1. The largest absolute Gasteiger partial charge is 0.481 e. The quantitative estimate of drug-likeness (QED) is 0.539. The van der Waals surface area contributed by atoms with Gasteiger partial charge in [0.15, 0.2) is 1.93 Å². The maximum absolute atomic E-state index is 9.68. The number of halogens is 2. The number of hydrogen-bond donors (Lipinski definition) is 2. The molecule has 0 saturated heterocycles. The zero-order valence-electron chi connectivity index (χ0n) is 5.04. The lowest BCUT2D eigenvalue weighted by atomic mass is 10.8. The molecule has 0 aromatic heterocycles. The second kappa shape index (κ2) is 7.51. The van der Waals surface area contributed by atoms with E-state index in [1.54, 1.807) is 0 Å². The molecule has 0 radical (unpaired) electrons. The zero-order valence-corrected chi connectivity index (χ0v) is 9.36. The minimum atomic E-state index is -0.833. The second-order valence-corrected chi connectivity index (χ2v) is 6.03. The third-order valence-electron chi connectivity index (χ3n) is 0.187. The molecule has 2 N–H and O–H groups in total. The highest BCUT2D eigenvalue weighted by Crippen LogP contribution is 2.07. The van der Waals surface area contributed by atoms with Crippen molar-refractivity contribution in [3.63, 3.8) is 0 Å². The monoisotopic (exact) mass is 372 g/mol. The lowest BCUT2D eigenvalue weighted by Crippen LogP contribution is -2.02. The summed E-state index contributed by atoms with van der Waals surface area (Å²) >= 11 is 3.64. The van der Waals surface area contributed by atoms with Crippen LogP contribution in [0.2, 0.25) is 0 Å². The molecular formula is C4H6I2O4. The van der Waals surface area contributed by atoms with Crippen LogP contribution in [-0.2, 0) is 9.59 Å². The Balaban J connectivity index is 0.